The zero-order valence-electron chi connectivity index (χ0n) is 8.81. The van der Waals surface area contributed by atoms with Gasteiger partial charge in [-0.2, -0.15) is 0 Å². The molecule has 2 amide bonds. The third-order valence-electron chi connectivity index (χ3n) is 2.02. The van der Waals surface area contributed by atoms with Crippen LogP contribution in [0.1, 0.15) is 5.56 Å². The second-order valence-electron chi connectivity index (χ2n) is 3.32. The number of carbonyl (C=O) groups excluding carboxylic acids is 1. The zero-order valence-corrected chi connectivity index (χ0v) is 10.4. The Bertz CT molecular complexity index is 499. The highest BCUT2D eigenvalue weighted by Crippen LogP contribution is 2.11. The number of nitrogens with one attached hydrogen (secondary N) is 2. The van der Waals surface area contributed by atoms with Gasteiger partial charge >= 0.3 is 6.03 Å². The van der Waals surface area contributed by atoms with Crippen LogP contribution in [0.4, 0.5) is 10.6 Å². The lowest BCUT2D eigenvalue weighted by atomic mass is 10.2. The number of halogens is 1. The number of nitrogens with zero attached hydrogens (tertiary/aromatic N) is 1. The first-order chi connectivity index (χ1) is 8.24. The van der Waals surface area contributed by atoms with Crippen LogP contribution in [0.25, 0.3) is 0 Å². The summed E-state index contributed by atoms with van der Waals surface area (Å²) in [7, 11) is 0. The van der Waals surface area contributed by atoms with E-state index in [0.717, 1.165) is 10.0 Å². The first-order valence-electron chi connectivity index (χ1n) is 4.94. The molecule has 0 saturated heterocycles. The smallest absolute Gasteiger partial charge is 0.320 e. The summed E-state index contributed by atoms with van der Waals surface area (Å²) in [5.41, 5.74) is 1.01. The Kier molecular flexibility index (Phi) is 3.77. The highest BCUT2D eigenvalue weighted by molar-refractivity contribution is 9.10. The van der Waals surface area contributed by atoms with E-state index in [-0.39, 0.29) is 6.03 Å². The number of hydrogen-bond acceptors (Lipinski definition) is 3. The largest absolute Gasteiger partial charge is 0.363 e. The molecule has 0 bridgehead atoms. The van der Waals surface area contributed by atoms with E-state index in [9.17, 15) is 4.79 Å². The molecule has 0 aliphatic heterocycles. The number of hydrogen-bond donors (Lipinski definition) is 2. The van der Waals surface area contributed by atoms with Gasteiger partial charge in [-0.1, -0.05) is 33.2 Å². The Morgan fingerprint density at radius 1 is 1.41 bits per heavy atom. The Hall–Kier alpha value is -1.82. The van der Waals surface area contributed by atoms with Crippen molar-refractivity contribution in [2.45, 2.75) is 6.54 Å². The normalized spacial score (nSPS) is 9.94. The minimum atomic E-state index is -0.320. The molecule has 1 aromatic carbocycles. The SMILES string of the molecule is O=C(NCc1cccc(Br)c1)Nc1ccon1. The standard InChI is InChI=1S/C11H10BrN3O2/c12-9-3-1-2-8(6-9)7-13-11(16)14-10-4-5-17-15-10/h1-6H,7H2,(H2,13,14,15,16). The summed E-state index contributed by atoms with van der Waals surface area (Å²) in [5, 5.41) is 8.82. The Morgan fingerprint density at radius 3 is 3.00 bits per heavy atom. The van der Waals surface area contributed by atoms with Crippen molar-refractivity contribution in [1.82, 2.24) is 10.5 Å². The molecule has 0 saturated carbocycles. The number of benzene rings is 1. The van der Waals surface area contributed by atoms with Crippen LogP contribution in [0.3, 0.4) is 0 Å². The minimum absolute atomic E-state index is 0.320. The van der Waals surface area contributed by atoms with E-state index in [1.165, 1.54) is 6.26 Å². The van der Waals surface area contributed by atoms with E-state index >= 15 is 0 Å². The molecule has 0 unspecified atom stereocenters. The molecule has 2 aromatic rings. The Labute approximate surface area is 106 Å². The topological polar surface area (TPSA) is 67.2 Å². The van der Waals surface area contributed by atoms with Gasteiger partial charge in [-0.05, 0) is 17.7 Å². The lowest BCUT2D eigenvalue weighted by molar-refractivity contribution is 0.251. The van der Waals surface area contributed by atoms with Crippen LogP contribution < -0.4 is 10.6 Å². The van der Waals surface area contributed by atoms with Gasteiger partial charge in [0.15, 0.2) is 5.82 Å². The zero-order chi connectivity index (χ0) is 12.1. The van der Waals surface area contributed by atoms with Crippen molar-refractivity contribution >= 4 is 27.8 Å². The third-order valence-corrected chi connectivity index (χ3v) is 2.51. The fourth-order valence-electron chi connectivity index (χ4n) is 1.27. The Balaban J connectivity index is 1.84. The quantitative estimate of drug-likeness (QED) is 0.915. The first-order valence-corrected chi connectivity index (χ1v) is 5.73. The highest BCUT2D eigenvalue weighted by atomic mass is 79.9. The number of anilines is 1. The number of amides is 2. The van der Waals surface area contributed by atoms with Gasteiger partial charge in [0.25, 0.3) is 0 Å². The van der Waals surface area contributed by atoms with Gasteiger partial charge in [-0.15, -0.1) is 0 Å². The van der Waals surface area contributed by atoms with Gasteiger partial charge in [-0.25, -0.2) is 4.79 Å². The predicted octanol–water partition coefficient (Wildman–Crippen LogP) is 2.76. The van der Waals surface area contributed by atoms with E-state index < -0.39 is 0 Å². The van der Waals surface area contributed by atoms with Crippen LogP contribution in [-0.2, 0) is 6.54 Å². The molecule has 5 nitrogen and oxygen atoms in total. The Morgan fingerprint density at radius 2 is 2.29 bits per heavy atom. The molecular weight excluding hydrogens is 286 g/mol. The molecule has 2 N–H and O–H groups in total. The third kappa shape index (κ3) is 3.60. The molecular formula is C11H10BrN3O2. The van der Waals surface area contributed by atoms with Gasteiger partial charge in [0, 0.05) is 17.1 Å². The van der Waals surface area contributed by atoms with Gasteiger partial charge in [0.2, 0.25) is 0 Å². The van der Waals surface area contributed by atoms with E-state index in [4.69, 9.17) is 0 Å². The van der Waals surface area contributed by atoms with Crippen LogP contribution in [0.2, 0.25) is 0 Å². The number of rotatable bonds is 3. The summed E-state index contributed by atoms with van der Waals surface area (Å²) in [6.45, 7) is 0.448. The lowest BCUT2D eigenvalue weighted by Gasteiger charge is -2.05. The van der Waals surface area contributed by atoms with Crippen molar-refractivity contribution in [3.05, 3.63) is 46.6 Å². The monoisotopic (exact) mass is 295 g/mol. The molecule has 0 fully saturated rings. The van der Waals surface area contributed by atoms with Crippen LogP contribution in [0, 0.1) is 0 Å². The maximum absolute atomic E-state index is 11.5. The number of urea groups is 1. The molecule has 1 heterocycles. The number of aromatic nitrogens is 1. The van der Waals surface area contributed by atoms with E-state index in [1.807, 2.05) is 24.3 Å². The molecule has 2 rings (SSSR count). The van der Waals surface area contributed by atoms with Gasteiger partial charge in [-0.3, -0.25) is 5.32 Å². The summed E-state index contributed by atoms with van der Waals surface area (Å²) in [5.74, 6) is 0.386. The molecule has 1 aromatic heterocycles. The molecule has 6 heteroatoms. The second-order valence-corrected chi connectivity index (χ2v) is 4.24. The maximum Gasteiger partial charge on any atom is 0.320 e. The van der Waals surface area contributed by atoms with Crippen molar-refractivity contribution in [2.75, 3.05) is 5.32 Å². The average Bonchev–Trinajstić information content (AvgIpc) is 2.79. The van der Waals surface area contributed by atoms with Crippen LogP contribution in [0.5, 0.6) is 0 Å². The van der Waals surface area contributed by atoms with Crippen molar-refractivity contribution in [2.24, 2.45) is 0 Å². The van der Waals surface area contributed by atoms with Crippen molar-refractivity contribution in [3.63, 3.8) is 0 Å². The molecule has 0 atom stereocenters. The molecule has 17 heavy (non-hydrogen) atoms. The van der Waals surface area contributed by atoms with Gasteiger partial charge in [0.05, 0.1) is 0 Å². The minimum Gasteiger partial charge on any atom is -0.363 e. The molecule has 0 radical (unpaired) electrons. The van der Waals surface area contributed by atoms with Crippen LogP contribution in [-0.4, -0.2) is 11.2 Å². The summed E-state index contributed by atoms with van der Waals surface area (Å²) >= 11 is 3.37. The van der Waals surface area contributed by atoms with E-state index in [2.05, 4.69) is 36.2 Å². The predicted molar refractivity (Wildman–Crippen MR) is 66.5 cm³/mol. The van der Waals surface area contributed by atoms with Crippen molar-refractivity contribution in [3.8, 4) is 0 Å². The fourth-order valence-corrected chi connectivity index (χ4v) is 1.71. The molecule has 0 aliphatic rings. The first kappa shape index (κ1) is 11.7. The molecule has 0 spiro atoms. The molecule has 0 aliphatic carbocycles. The van der Waals surface area contributed by atoms with Gasteiger partial charge in [0.1, 0.15) is 6.26 Å². The van der Waals surface area contributed by atoms with Crippen LogP contribution >= 0.6 is 15.9 Å². The fraction of sp³-hybridized carbons (Fsp3) is 0.0909. The summed E-state index contributed by atoms with van der Waals surface area (Å²) in [4.78, 5) is 11.5. The van der Waals surface area contributed by atoms with Crippen molar-refractivity contribution in [1.29, 1.82) is 0 Å². The average molecular weight is 296 g/mol. The summed E-state index contributed by atoms with van der Waals surface area (Å²) < 4.78 is 5.58. The van der Waals surface area contributed by atoms with E-state index in [0.29, 0.717) is 12.4 Å². The van der Waals surface area contributed by atoms with Crippen molar-refractivity contribution < 1.29 is 9.32 Å². The maximum atomic E-state index is 11.5. The molecule has 88 valence electrons. The van der Waals surface area contributed by atoms with Crippen LogP contribution in [0.15, 0.2) is 45.6 Å². The lowest BCUT2D eigenvalue weighted by Crippen LogP contribution is -2.28. The second kappa shape index (κ2) is 5.49. The highest BCUT2D eigenvalue weighted by Gasteiger charge is 2.03. The van der Waals surface area contributed by atoms with E-state index in [1.54, 1.807) is 6.07 Å². The summed E-state index contributed by atoms with van der Waals surface area (Å²) in [6.07, 6.45) is 1.39. The summed E-state index contributed by atoms with van der Waals surface area (Å²) in [6, 6.07) is 8.96. The van der Waals surface area contributed by atoms with Gasteiger partial charge < -0.3 is 9.84 Å². The number of carbonyl (C=O) groups is 1.